The van der Waals surface area contributed by atoms with Crippen molar-refractivity contribution in [1.29, 1.82) is 0 Å². The minimum Gasteiger partial charge on any atom is -0.347 e. The zero-order valence-corrected chi connectivity index (χ0v) is 16.9. The number of carbonyl (C=O) groups is 3. The maximum absolute atomic E-state index is 12.4. The minimum atomic E-state index is -0.617. The van der Waals surface area contributed by atoms with Gasteiger partial charge in [-0.05, 0) is 39.2 Å². The summed E-state index contributed by atoms with van der Waals surface area (Å²) in [6.45, 7) is 6.31. The van der Waals surface area contributed by atoms with Crippen molar-refractivity contribution in [2.75, 3.05) is 41.3 Å². The van der Waals surface area contributed by atoms with Gasteiger partial charge in [-0.3, -0.25) is 14.4 Å². The normalized spacial score (nSPS) is 14.1. The van der Waals surface area contributed by atoms with Gasteiger partial charge in [-0.1, -0.05) is 13.8 Å². The first kappa shape index (κ1) is 23.5. The largest absolute Gasteiger partial charge is 0.347 e. The molecule has 0 saturated carbocycles. The number of likely N-dealkylation sites (N-methyl/N-ethyl adjacent to an activating group) is 1. The quantitative estimate of drug-likeness (QED) is 0.346. The average Bonchev–Trinajstić information content (AvgIpc) is 2.47. The molecule has 0 aliphatic carbocycles. The molecule has 0 aliphatic heterocycles. The van der Waals surface area contributed by atoms with Crippen LogP contribution in [0.3, 0.4) is 0 Å². The lowest BCUT2D eigenvalue weighted by Gasteiger charge is -2.25. The molecule has 0 heterocycles. The molecule has 0 spiro atoms. The Kier molecular flexibility index (Phi) is 10.5. The molecule has 7 nitrogen and oxygen atoms in total. The van der Waals surface area contributed by atoms with Crippen molar-refractivity contribution >= 4 is 17.6 Å². The van der Waals surface area contributed by atoms with Crippen LogP contribution in [0.25, 0.3) is 0 Å². The molecule has 2 atom stereocenters. The summed E-state index contributed by atoms with van der Waals surface area (Å²) in [5.41, 5.74) is 0. The van der Waals surface area contributed by atoms with E-state index in [2.05, 4.69) is 37.1 Å². The fourth-order valence-corrected chi connectivity index (χ4v) is 2.57. The molecule has 0 aromatic carbocycles. The molecular weight excluding hydrogens is 320 g/mol. The molecule has 0 aromatic heterocycles. The molecule has 0 saturated heterocycles. The molecule has 0 unspecified atom stereocenters. The first-order chi connectivity index (χ1) is 11.5. The monoisotopic (exact) mass is 357 g/mol. The zero-order chi connectivity index (χ0) is 19.6. The van der Waals surface area contributed by atoms with Gasteiger partial charge in [0, 0.05) is 0 Å². The number of amides is 2. The van der Waals surface area contributed by atoms with Gasteiger partial charge >= 0.3 is 0 Å². The number of carbonyl (C=O) groups excluding carboxylic acids is 3. The van der Waals surface area contributed by atoms with Crippen LogP contribution >= 0.6 is 0 Å². The predicted octanol–water partition coefficient (Wildman–Crippen LogP) is 0.297. The highest BCUT2D eigenvalue weighted by Gasteiger charge is 2.26. The van der Waals surface area contributed by atoms with E-state index in [0.717, 1.165) is 23.9 Å². The van der Waals surface area contributed by atoms with Crippen LogP contribution in [0.4, 0.5) is 0 Å². The van der Waals surface area contributed by atoms with Gasteiger partial charge in [-0.25, -0.2) is 0 Å². The number of nitrogens with zero attached hydrogens (tertiary/aromatic N) is 1. The SMILES string of the molecule is CN[C@H](C(=O)N[C@@H](CCCC[N+](C)(C)C)C(=O)NCC(C)=O)C(C)C. The van der Waals surface area contributed by atoms with E-state index in [9.17, 15) is 14.4 Å². The second-order valence-electron chi connectivity index (χ2n) is 8.00. The van der Waals surface area contributed by atoms with Crippen LogP contribution in [0.2, 0.25) is 0 Å². The van der Waals surface area contributed by atoms with Gasteiger partial charge in [-0.2, -0.15) is 0 Å². The van der Waals surface area contributed by atoms with E-state index in [4.69, 9.17) is 0 Å². The summed E-state index contributed by atoms with van der Waals surface area (Å²) < 4.78 is 0.864. The van der Waals surface area contributed by atoms with Crippen molar-refractivity contribution in [3.8, 4) is 0 Å². The third-order valence-corrected chi connectivity index (χ3v) is 3.98. The van der Waals surface area contributed by atoms with Gasteiger partial charge in [0.05, 0.1) is 40.3 Å². The molecular formula is C18H37N4O3+. The molecule has 0 rings (SSSR count). The Hall–Kier alpha value is -1.47. The van der Waals surface area contributed by atoms with Crippen LogP contribution in [-0.4, -0.2) is 75.4 Å². The fraction of sp³-hybridized carbons (Fsp3) is 0.833. The summed E-state index contributed by atoms with van der Waals surface area (Å²) in [5, 5.41) is 8.43. The maximum Gasteiger partial charge on any atom is 0.242 e. The number of rotatable bonds is 12. The van der Waals surface area contributed by atoms with Gasteiger partial charge in [-0.15, -0.1) is 0 Å². The van der Waals surface area contributed by atoms with Crippen LogP contribution < -0.4 is 16.0 Å². The van der Waals surface area contributed by atoms with E-state index in [1.54, 1.807) is 7.05 Å². The minimum absolute atomic E-state index is 0.0102. The highest BCUT2D eigenvalue weighted by molar-refractivity contribution is 5.91. The first-order valence-electron chi connectivity index (χ1n) is 9.03. The third kappa shape index (κ3) is 10.9. The van der Waals surface area contributed by atoms with Crippen LogP contribution in [0, 0.1) is 5.92 Å². The summed E-state index contributed by atoms with van der Waals surface area (Å²) in [6, 6.07) is -0.969. The summed E-state index contributed by atoms with van der Waals surface area (Å²) in [7, 11) is 8.10. The third-order valence-electron chi connectivity index (χ3n) is 3.98. The standard InChI is InChI=1S/C18H36N4O3/c1-13(2)16(19-4)18(25)21-15(17(24)20-12-14(3)23)10-8-9-11-22(5,6)7/h13,15-16,19H,8-12H2,1-7H3,(H-,20,21,24,25)/p+1/t15-,16-/m0/s1. The summed E-state index contributed by atoms with van der Waals surface area (Å²) in [5.74, 6) is -0.484. The lowest BCUT2D eigenvalue weighted by Crippen LogP contribution is -2.54. The number of hydrogen-bond acceptors (Lipinski definition) is 4. The summed E-state index contributed by atoms with van der Waals surface area (Å²) in [6.07, 6.45) is 2.36. The predicted molar refractivity (Wildman–Crippen MR) is 100 cm³/mol. The lowest BCUT2D eigenvalue weighted by atomic mass is 10.0. The molecule has 146 valence electrons. The van der Waals surface area contributed by atoms with Crippen molar-refractivity contribution in [2.45, 2.75) is 52.1 Å². The Morgan fingerprint density at radius 1 is 1.00 bits per heavy atom. The molecule has 0 fully saturated rings. The van der Waals surface area contributed by atoms with E-state index < -0.39 is 6.04 Å². The summed E-state index contributed by atoms with van der Waals surface area (Å²) >= 11 is 0. The Morgan fingerprint density at radius 2 is 1.60 bits per heavy atom. The Balaban J connectivity index is 4.79. The second-order valence-corrected chi connectivity index (χ2v) is 8.00. The number of Topliss-reactive ketones (excluding diaryl/α,β-unsaturated/α-hetero) is 1. The number of ketones is 1. The van der Waals surface area contributed by atoms with Crippen molar-refractivity contribution in [1.82, 2.24) is 16.0 Å². The Labute approximate surface area is 152 Å². The molecule has 0 aliphatic rings. The average molecular weight is 358 g/mol. The van der Waals surface area contributed by atoms with Gasteiger partial charge in [0.15, 0.2) is 0 Å². The second kappa shape index (κ2) is 11.2. The molecule has 0 bridgehead atoms. The molecule has 0 aromatic rings. The van der Waals surface area contributed by atoms with Gasteiger partial charge in [0.25, 0.3) is 0 Å². The first-order valence-corrected chi connectivity index (χ1v) is 9.03. The molecule has 0 radical (unpaired) electrons. The Morgan fingerprint density at radius 3 is 2.04 bits per heavy atom. The van der Waals surface area contributed by atoms with Gasteiger partial charge in [0.1, 0.15) is 11.8 Å². The van der Waals surface area contributed by atoms with Crippen LogP contribution in [0.5, 0.6) is 0 Å². The fourth-order valence-electron chi connectivity index (χ4n) is 2.57. The number of quaternary nitrogens is 1. The van der Waals surface area contributed by atoms with Gasteiger partial charge in [0.2, 0.25) is 11.8 Å². The zero-order valence-electron chi connectivity index (χ0n) is 16.9. The topological polar surface area (TPSA) is 87.3 Å². The molecule has 2 amide bonds. The van der Waals surface area contributed by atoms with Crippen molar-refractivity contribution < 1.29 is 18.9 Å². The molecule has 3 N–H and O–H groups in total. The van der Waals surface area contributed by atoms with E-state index >= 15 is 0 Å². The highest BCUT2D eigenvalue weighted by atomic mass is 16.2. The van der Waals surface area contributed by atoms with Gasteiger partial charge < -0.3 is 20.4 Å². The number of unbranched alkanes of at least 4 members (excludes halogenated alkanes) is 1. The summed E-state index contributed by atoms with van der Waals surface area (Å²) in [4.78, 5) is 35.9. The Bertz CT molecular complexity index is 444. The number of hydrogen-bond donors (Lipinski definition) is 3. The molecule has 7 heteroatoms. The smallest absolute Gasteiger partial charge is 0.242 e. The highest BCUT2D eigenvalue weighted by Crippen LogP contribution is 2.07. The van der Waals surface area contributed by atoms with Crippen molar-refractivity contribution in [2.24, 2.45) is 5.92 Å². The van der Waals surface area contributed by atoms with E-state index in [-0.39, 0.29) is 36.1 Å². The van der Waals surface area contributed by atoms with Crippen molar-refractivity contribution in [3.63, 3.8) is 0 Å². The van der Waals surface area contributed by atoms with E-state index in [0.29, 0.717) is 6.42 Å². The lowest BCUT2D eigenvalue weighted by molar-refractivity contribution is -0.870. The van der Waals surface area contributed by atoms with E-state index in [1.807, 2.05) is 13.8 Å². The van der Waals surface area contributed by atoms with Crippen LogP contribution in [0.1, 0.15) is 40.0 Å². The van der Waals surface area contributed by atoms with Crippen molar-refractivity contribution in [3.05, 3.63) is 0 Å². The van der Waals surface area contributed by atoms with Crippen LogP contribution in [0.15, 0.2) is 0 Å². The van der Waals surface area contributed by atoms with Crippen LogP contribution in [-0.2, 0) is 14.4 Å². The molecule has 25 heavy (non-hydrogen) atoms. The maximum atomic E-state index is 12.4. The number of nitrogens with one attached hydrogen (secondary N) is 3. The van der Waals surface area contributed by atoms with E-state index in [1.165, 1.54) is 6.92 Å².